The van der Waals surface area contributed by atoms with Crippen molar-refractivity contribution in [2.75, 3.05) is 13.2 Å². The van der Waals surface area contributed by atoms with Crippen LogP contribution < -0.4 is 5.32 Å². The van der Waals surface area contributed by atoms with E-state index < -0.39 is 0 Å². The summed E-state index contributed by atoms with van der Waals surface area (Å²) in [5, 5.41) is 12.1. The molecule has 1 aliphatic heterocycles. The molecule has 1 aromatic rings. The smallest absolute Gasteiger partial charge is 0.289 e. The molecule has 1 aliphatic rings. The maximum atomic E-state index is 11.6. The highest BCUT2D eigenvalue weighted by Crippen LogP contribution is 2.15. The Kier molecular flexibility index (Phi) is 3.49. The molecule has 0 aliphatic carbocycles. The monoisotopic (exact) mass is 235 g/mol. The summed E-state index contributed by atoms with van der Waals surface area (Å²) in [6, 6.07) is 6.82. The molecule has 5 nitrogen and oxygen atoms in total. The molecule has 17 heavy (non-hydrogen) atoms. The molecule has 0 saturated heterocycles. The Morgan fingerprint density at radius 1 is 1.35 bits per heavy atom. The minimum Gasteiger partial charge on any atom is -0.508 e. The minimum atomic E-state index is -0.354. The van der Waals surface area contributed by atoms with Crippen LogP contribution in [0.15, 0.2) is 36.3 Å². The van der Waals surface area contributed by atoms with Gasteiger partial charge in [-0.2, -0.15) is 0 Å². The van der Waals surface area contributed by atoms with Gasteiger partial charge in [0.05, 0.1) is 0 Å². The number of rotatable bonds is 3. The molecule has 1 amide bonds. The Labute approximate surface area is 98.7 Å². The van der Waals surface area contributed by atoms with Crippen LogP contribution in [0.4, 0.5) is 0 Å². The van der Waals surface area contributed by atoms with Crippen LogP contribution >= 0.6 is 0 Å². The summed E-state index contributed by atoms with van der Waals surface area (Å²) in [5.74, 6) is -0.0396. The fourth-order valence-corrected chi connectivity index (χ4v) is 1.41. The topological polar surface area (TPSA) is 67.8 Å². The molecule has 0 bridgehead atoms. The van der Waals surface area contributed by atoms with Crippen molar-refractivity contribution < 1.29 is 19.4 Å². The van der Waals surface area contributed by atoms with E-state index in [-0.39, 0.29) is 24.0 Å². The summed E-state index contributed by atoms with van der Waals surface area (Å²) >= 11 is 0. The molecule has 1 heterocycles. The second kappa shape index (κ2) is 5.25. The first kappa shape index (κ1) is 11.3. The van der Waals surface area contributed by atoms with Crippen molar-refractivity contribution in [3.05, 3.63) is 41.9 Å². The highest BCUT2D eigenvalue weighted by atomic mass is 16.6. The van der Waals surface area contributed by atoms with Gasteiger partial charge in [-0.05, 0) is 6.07 Å². The lowest BCUT2D eigenvalue weighted by molar-refractivity contribution is -0.122. The van der Waals surface area contributed by atoms with Gasteiger partial charge in [-0.15, -0.1) is 0 Å². The summed E-state index contributed by atoms with van der Waals surface area (Å²) in [5.41, 5.74) is 0.651. The second-order valence-electron chi connectivity index (χ2n) is 3.51. The van der Waals surface area contributed by atoms with Gasteiger partial charge in [-0.1, -0.05) is 18.2 Å². The lowest BCUT2D eigenvalue weighted by atomic mass is 10.2. The first-order valence-electron chi connectivity index (χ1n) is 5.27. The number of para-hydroxylation sites is 1. The average Bonchev–Trinajstić information content (AvgIpc) is 2.38. The van der Waals surface area contributed by atoms with Gasteiger partial charge in [-0.3, -0.25) is 4.79 Å². The van der Waals surface area contributed by atoms with E-state index in [0.29, 0.717) is 18.8 Å². The first-order valence-corrected chi connectivity index (χ1v) is 5.27. The Hall–Kier alpha value is -2.17. The number of amides is 1. The summed E-state index contributed by atoms with van der Waals surface area (Å²) in [6.45, 7) is 1.07. The van der Waals surface area contributed by atoms with E-state index in [1.54, 1.807) is 24.3 Å². The maximum absolute atomic E-state index is 11.6. The van der Waals surface area contributed by atoms with Gasteiger partial charge in [0.25, 0.3) is 5.91 Å². The zero-order valence-electron chi connectivity index (χ0n) is 9.18. The number of phenolic OH excluding ortho intramolecular Hbond substituents is 1. The van der Waals surface area contributed by atoms with E-state index in [4.69, 9.17) is 9.47 Å². The van der Waals surface area contributed by atoms with Crippen molar-refractivity contribution in [3.8, 4) is 5.75 Å². The highest BCUT2D eigenvalue weighted by molar-refractivity contribution is 5.91. The Morgan fingerprint density at radius 3 is 2.88 bits per heavy atom. The largest absolute Gasteiger partial charge is 0.508 e. The Morgan fingerprint density at radius 2 is 2.18 bits per heavy atom. The summed E-state index contributed by atoms with van der Waals surface area (Å²) < 4.78 is 10.1. The molecule has 0 fully saturated rings. The number of phenols is 1. The fraction of sp³-hybridized carbons (Fsp3) is 0.250. The minimum absolute atomic E-state index is 0.155. The van der Waals surface area contributed by atoms with E-state index in [1.165, 1.54) is 6.26 Å². The van der Waals surface area contributed by atoms with Gasteiger partial charge in [-0.25, -0.2) is 0 Å². The van der Waals surface area contributed by atoms with Crippen LogP contribution in [0.3, 0.4) is 0 Å². The SMILES string of the molecule is O=C(NCc1ccccc1O)C1=COCCO1. The van der Waals surface area contributed by atoms with E-state index in [0.717, 1.165) is 0 Å². The predicted molar refractivity (Wildman–Crippen MR) is 59.9 cm³/mol. The number of aromatic hydroxyl groups is 1. The zero-order chi connectivity index (χ0) is 12.1. The van der Waals surface area contributed by atoms with Crippen molar-refractivity contribution >= 4 is 5.91 Å². The molecule has 0 saturated carbocycles. The molecule has 0 spiro atoms. The molecule has 0 atom stereocenters. The molecule has 90 valence electrons. The predicted octanol–water partition coefficient (Wildman–Crippen LogP) is 0.897. The number of hydrogen-bond donors (Lipinski definition) is 2. The molecular weight excluding hydrogens is 222 g/mol. The molecule has 0 unspecified atom stereocenters. The van der Waals surface area contributed by atoms with Crippen LogP contribution in [0, 0.1) is 0 Å². The summed E-state index contributed by atoms with van der Waals surface area (Å²) in [7, 11) is 0. The van der Waals surface area contributed by atoms with Crippen molar-refractivity contribution in [2.45, 2.75) is 6.54 Å². The van der Waals surface area contributed by atoms with Crippen LogP contribution in [-0.2, 0) is 20.8 Å². The van der Waals surface area contributed by atoms with Gasteiger partial charge < -0.3 is 19.9 Å². The number of benzene rings is 1. The molecular formula is C12H13NO4. The van der Waals surface area contributed by atoms with Crippen LogP contribution in [0.1, 0.15) is 5.56 Å². The normalized spacial score (nSPS) is 14.2. The van der Waals surface area contributed by atoms with Gasteiger partial charge in [0.2, 0.25) is 5.76 Å². The molecule has 2 N–H and O–H groups in total. The lowest BCUT2D eigenvalue weighted by Crippen LogP contribution is -2.28. The van der Waals surface area contributed by atoms with E-state index in [9.17, 15) is 9.90 Å². The van der Waals surface area contributed by atoms with Crippen LogP contribution in [-0.4, -0.2) is 24.2 Å². The Bertz CT molecular complexity index is 442. The average molecular weight is 235 g/mol. The number of nitrogens with one attached hydrogen (secondary N) is 1. The quantitative estimate of drug-likeness (QED) is 0.816. The van der Waals surface area contributed by atoms with E-state index >= 15 is 0 Å². The summed E-state index contributed by atoms with van der Waals surface area (Å²) in [4.78, 5) is 11.6. The van der Waals surface area contributed by atoms with E-state index in [2.05, 4.69) is 5.32 Å². The van der Waals surface area contributed by atoms with Crippen molar-refractivity contribution in [2.24, 2.45) is 0 Å². The van der Waals surface area contributed by atoms with Crippen LogP contribution in [0.2, 0.25) is 0 Å². The third kappa shape index (κ3) is 2.90. The van der Waals surface area contributed by atoms with Gasteiger partial charge >= 0.3 is 0 Å². The summed E-state index contributed by atoms with van der Waals surface area (Å²) in [6.07, 6.45) is 1.30. The van der Waals surface area contributed by atoms with E-state index in [1.807, 2.05) is 0 Å². The second-order valence-corrected chi connectivity index (χ2v) is 3.51. The number of carbonyl (C=O) groups is 1. The molecule has 5 heteroatoms. The number of hydrogen-bond acceptors (Lipinski definition) is 4. The fourth-order valence-electron chi connectivity index (χ4n) is 1.41. The van der Waals surface area contributed by atoms with Gasteiger partial charge in [0, 0.05) is 12.1 Å². The molecule has 1 aromatic carbocycles. The number of ether oxygens (including phenoxy) is 2. The van der Waals surface area contributed by atoms with Crippen LogP contribution in [0.25, 0.3) is 0 Å². The third-order valence-electron chi connectivity index (χ3n) is 2.30. The van der Waals surface area contributed by atoms with Gasteiger partial charge in [0.15, 0.2) is 0 Å². The van der Waals surface area contributed by atoms with Crippen molar-refractivity contribution in [3.63, 3.8) is 0 Å². The first-order chi connectivity index (χ1) is 8.27. The third-order valence-corrected chi connectivity index (χ3v) is 2.30. The molecule has 0 aromatic heterocycles. The molecule has 0 radical (unpaired) electrons. The van der Waals surface area contributed by atoms with Crippen molar-refractivity contribution in [1.29, 1.82) is 0 Å². The zero-order valence-corrected chi connectivity index (χ0v) is 9.18. The number of carbonyl (C=O) groups excluding carboxylic acids is 1. The Balaban J connectivity index is 1.92. The maximum Gasteiger partial charge on any atom is 0.289 e. The van der Waals surface area contributed by atoms with Crippen molar-refractivity contribution in [1.82, 2.24) is 5.32 Å². The van der Waals surface area contributed by atoms with Gasteiger partial charge in [0.1, 0.15) is 25.2 Å². The molecule has 2 rings (SSSR count). The lowest BCUT2D eigenvalue weighted by Gasteiger charge is -2.15. The standard InChI is InChI=1S/C12H13NO4/c14-10-4-2-1-3-9(10)7-13-12(15)11-8-16-5-6-17-11/h1-4,8,14H,5-7H2,(H,13,15). The van der Waals surface area contributed by atoms with Crippen LogP contribution in [0.5, 0.6) is 5.75 Å². The highest BCUT2D eigenvalue weighted by Gasteiger charge is 2.14.